The van der Waals surface area contributed by atoms with Gasteiger partial charge in [-0.3, -0.25) is 0 Å². The highest BCUT2D eigenvalue weighted by molar-refractivity contribution is 6.35. The van der Waals surface area contributed by atoms with Gasteiger partial charge in [0, 0.05) is 16.3 Å². The summed E-state index contributed by atoms with van der Waals surface area (Å²) in [5.41, 5.74) is 1.18. The zero-order chi connectivity index (χ0) is 18.6. The van der Waals surface area contributed by atoms with Crippen LogP contribution < -0.4 is 15.4 Å². The van der Waals surface area contributed by atoms with Crippen molar-refractivity contribution < 1.29 is 19.1 Å². The number of methoxy groups -OCH3 is 1. The Morgan fingerprint density at radius 2 is 2.04 bits per heavy atom. The van der Waals surface area contributed by atoms with E-state index in [4.69, 9.17) is 32.7 Å². The van der Waals surface area contributed by atoms with Crippen molar-refractivity contribution in [3.05, 3.63) is 39.0 Å². The minimum absolute atomic E-state index is 0.285. The van der Waals surface area contributed by atoms with Crippen LogP contribution in [0.5, 0.6) is 5.75 Å². The minimum atomic E-state index is -0.783. The number of carbonyl (C=O) groups excluding carboxylic acids is 2. The molecule has 8 heteroatoms. The summed E-state index contributed by atoms with van der Waals surface area (Å²) in [6.45, 7) is 3.95. The first-order valence-electron chi connectivity index (χ1n) is 7.87. The number of halogens is 2. The lowest BCUT2D eigenvalue weighted by atomic mass is 9.94. The molecule has 0 unspecified atom stereocenters. The van der Waals surface area contributed by atoms with E-state index in [2.05, 4.69) is 10.6 Å². The van der Waals surface area contributed by atoms with Crippen molar-refractivity contribution in [1.82, 2.24) is 10.6 Å². The number of benzene rings is 1. The van der Waals surface area contributed by atoms with Crippen molar-refractivity contribution >= 4 is 35.2 Å². The average molecular weight is 387 g/mol. The molecule has 1 aromatic rings. The average Bonchev–Trinajstić information content (AvgIpc) is 2.53. The molecule has 1 aliphatic rings. The van der Waals surface area contributed by atoms with Gasteiger partial charge in [0.05, 0.1) is 30.4 Å². The molecule has 0 aliphatic carbocycles. The second-order valence-electron chi connectivity index (χ2n) is 5.57. The number of hydrogen-bond acceptors (Lipinski definition) is 4. The molecule has 6 nitrogen and oxygen atoms in total. The summed E-state index contributed by atoms with van der Waals surface area (Å²) >= 11 is 12.3. The summed E-state index contributed by atoms with van der Waals surface area (Å²) < 4.78 is 10.7. The summed E-state index contributed by atoms with van der Waals surface area (Å²) in [6, 6.07) is 1.92. The van der Waals surface area contributed by atoms with Crippen LogP contribution in [0.25, 0.3) is 0 Å². The lowest BCUT2D eigenvalue weighted by Gasteiger charge is -2.29. The van der Waals surface area contributed by atoms with Crippen molar-refractivity contribution in [3.8, 4) is 5.75 Å². The maximum Gasteiger partial charge on any atom is 0.338 e. The van der Waals surface area contributed by atoms with E-state index in [1.807, 2.05) is 6.92 Å². The summed E-state index contributed by atoms with van der Waals surface area (Å²) in [4.78, 5) is 24.5. The summed E-state index contributed by atoms with van der Waals surface area (Å²) in [7, 11) is 1.46. The molecule has 2 N–H and O–H groups in total. The molecule has 2 amide bonds. The summed E-state index contributed by atoms with van der Waals surface area (Å²) in [6.07, 6.45) is 1.66. The first-order chi connectivity index (χ1) is 11.9. The van der Waals surface area contributed by atoms with E-state index in [0.717, 1.165) is 12.8 Å². The molecule has 1 atom stereocenters. The first-order valence-corrected chi connectivity index (χ1v) is 8.63. The lowest BCUT2D eigenvalue weighted by molar-refractivity contribution is -0.139. The van der Waals surface area contributed by atoms with Crippen LogP contribution in [0.2, 0.25) is 10.0 Å². The lowest BCUT2D eigenvalue weighted by Crippen LogP contribution is -2.45. The van der Waals surface area contributed by atoms with Crippen LogP contribution in [-0.2, 0) is 9.53 Å². The Balaban J connectivity index is 2.48. The van der Waals surface area contributed by atoms with E-state index in [9.17, 15) is 9.59 Å². The topological polar surface area (TPSA) is 76.7 Å². The predicted octanol–water partition coefficient (Wildman–Crippen LogP) is 3.97. The molecule has 0 radical (unpaired) electrons. The highest BCUT2D eigenvalue weighted by atomic mass is 35.5. The van der Waals surface area contributed by atoms with Crippen LogP contribution in [0, 0.1) is 0 Å². The van der Waals surface area contributed by atoms with Crippen molar-refractivity contribution in [2.75, 3.05) is 13.7 Å². The van der Waals surface area contributed by atoms with E-state index in [1.165, 1.54) is 13.2 Å². The third-order valence-corrected chi connectivity index (χ3v) is 4.27. The van der Waals surface area contributed by atoms with E-state index in [0.29, 0.717) is 28.6 Å². The smallest absolute Gasteiger partial charge is 0.338 e. The zero-order valence-corrected chi connectivity index (χ0v) is 15.8. The van der Waals surface area contributed by atoms with Gasteiger partial charge in [0.2, 0.25) is 0 Å². The number of ether oxygens (including phenoxy) is 2. The molecule has 0 fully saturated rings. The van der Waals surface area contributed by atoms with Gasteiger partial charge in [-0.15, -0.1) is 0 Å². The quantitative estimate of drug-likeness (QED) is 0.572. The van der Waals surface area contributed by atoms with Gasteiger partial charge in [-0.2, -0.15) is 0 Å². The molecule has 25 heavy (non-hydrogen) atoms. The van der Waals surface area contributed by atoms with Crippen molar-refractivity contribution in [1.29, 1.82) is 0 Å². The van der Waals surface area contributed by atoms with Gasteiger partial charge in [0.25, 0.3) is 0 Å². The van der Waals surface area contributed by atoms with Crippen molar-refractivity contribution in [2.24, 2.45) is 0 Å². The number of rotatable bonds is 6. The van der Waals surface area contributed by atoms with Gasteiger partial charge in [0.15, 0.2) is 0 Å². The largest absolute Gasteiger partial charge is 0.495 e. The Labute approximate surface area is 156 Å². The van der Waals surface area contributed by atoms with Crippen LogP contribution in [-0.4, -0.2) is 25.7 Å². The number of amides is 2. The van der Waals surface area contributed by atoms with Gasteiger partial charge in [-0.1, -0.05) is 36.5 Å². The maximum absolute atomic E-state index is 12.6. The van der Waals surface area contributed by atoms with Gasteiger partial charge in [-0.25, -0.2) is 9.59 Å². The van der Waals surface area contributed by atoms with Crippen molar-refractivity contribution in [3.63, 3.8) is 0 Å². The fourth-order valence-electron chi connectivity index (χ4n) is 2.59. The number of unbranched alkanes of at least 4 members (excludes halogenated alkanes) is 1. The summed E-state index contributed by atoms with van der Waals surface area (Å²) in [5, 5.41) is 5.95. The molecule has 2 rings (SSSR count). The maximum atomic E-state index is 12.6. The Morgan fingerprint density at radius 3 is 2.68 bits per heavy atom. The number of allylic oxidation sites excluding steroid dienone is 1. The molecule has 136 valence electrons. The third kappa shape index (κ3) is 4.38. The number of hydrogen-bond donors (Lipinski definition) is 2. The van der Waals surface area contributed by atoms with Crippen molar-refractivity contribution in [2.45, 2.75) is 32.7 Å². The molecule has 1 heterocycles. The van der Waals surface area contributed by atoms with E-state index in [1.54, 1.807) is 13.0 Å². The van der Waals surface area contributed by atoms with Gasteiger partial charge >= 0.3 is 12.0 Å². The molecule has 1 aliphatic heterocycles. The molecule has 0 aromatic heterocycles. The first kappa shape index (κ1) is 19.4. The van der Waals surface area contributed by atoms with Crippen LogP contribution in [0.1, 0.15) is 38.3 Å². The second-order valence-corrected chi connectivity index (χ2v) is 6.41. The fourth-order valence-corrected chi connectivity index (χ4v) is 3.18. The highest BCUT2D eigenvalue weighted by Gasteiger charge is 2.34. The number of esters is 1. The highest BCUT2D eigenvalue weighted by Crippen LogP contribution is 2.39. The van der Waals surface area contributed by atoms with Crippen LogP contribution in [0.4, 0.5) is 4.79 Å². The normalized spacial score (nSPS) is 17.0. The van der Waals surface area contributed by atoms with E-state index < -0.39 is 18.0 Å². The van der Waals surface area contributed by atoms with E-state index in [-0.39, 0.29) is 10.6 Å². The Bertz CT molecular complexity index is 719. The number of carbonyl (C=O) groups is 2. The van der Waals surface area contributed by atoms with Gasteiger partial charge < -0.3 is 20.1 Å². The SMILES string of the molecule is CCCCOC(=O)C1=C(C)NC(=O)N[C@@H]1c1cc(Cl)cc(Cl)c1OC. The Hall–Kier alpha value is -1.92. The molecule has 0 saturated heterocycles. The molecule has 1 aromatic carbocycles. The number of urea groups is 1. The van der Waals surface area contributed by atoms with Crippen LogP contribution in [0.15, 0.2) is 23.4 Å². The Morgan fingerprint density at radius 1 is 1.32 bits per heavy atom. The molecule has 0 saturated carbocycles. The number of nitrogens with one attached hydrogen (secondary N) is 2. The van der Waals surface area contributed by atoms with Crippen LogP contribution in [0.3, 0.4) is 0 Å². The molecule has 0 bridgehead atoms. The van der Waals surface area contributed by atoms with E-state index >= 15 is 0 Å². The molecular weight excluding hydrogens is 367 g/mol. The monoisotopic (exact) mass is 386 g/mol. The summed E-state index contributed by atoms with van der Waals surface area (Å²) in [5.74, 6) is -0.175. The van der Waals surface area contributed by atoms with Gasteiger partial charge in [-0.05, 0) is 25.5 Å². The standard InChI is InChI=1S/C17H20Cl2N2O4/c1-4-5-6-25-16(22)13-9(2)20-17(23)21-14(13)11-7-10(18)8-12(19)15(11)24-3/h7-8,14H,4-6H2,1-3H3,(H2,20,21,23)/t14-/m1/s1. The zero-order valence-electron chi connectivity index (χ0n) is 14.2. The fraction of sp³-hybridized carbons (Fsp3) is 0.412. The Kier molecular flexibility index (Phi) is 6.56. The third-order valence-electron chi connectivity index (χ3n) is 3.77. The minimum Gasteiger partial charge on any atom is -0.495 e. The molecular formula is C17H20Cl2N2O4. The van der Waals surface area contributed by atoms with Gasteiger partial charge in [0.1, 0.15) is 5.75 Å². The second kappa shape index (κ2) is 8.45. The molecule has 0 spiro atoms. The van der Waals surface area contributed by atoms with Crippen LogP contribution >= 0.6 is 23.2 Å². The predicted molar refractivity (Wildman–Crippen MR) is 96.0 cm³/mol.